The van der Waals surface area contributed by atoms with Gasteiger partial charge in [-0.25, -0.2) is 4.98 Å². The monoisotopic (exact) mass is 604 g/mol. The minimum atomic E-state index is -1.13. The van der Waals surface area contributed by atoms with E-state index in [1.165, 1.54) is 10.9 Å². The number of aliphatic hydroxyl groups is 1. The van der Waals surface area contributed by atoms with E-state index in [1.807, 2.05) is 35.2 Å². The number of aromatic nitrogens is 2. The molecule has 2 fully saturated rings. The second kappa shape index (κ2) is 14.9. The molecule has 2 saturated heterocycles. The molecule has 5 rings (SSSR count). The fourth-order valence-electron chi connectivity index (χ4n) is 6.11. The molecule has 4 N–H and O–H groups in total. The SMILES string of the molecule is NCCCC(Cc1ccccc1)C(=O)N1CCC(O)(Cn2cnc3cc(NC(=O)CCN4CCOCC4)ccc3c2=O)CC1. The first-order valence-electron chi connectivity index (χ1n) is 15.7. The van der Waals surface area contributed by atoms with Crippen LogP contribution in [0.4, 0.5) is 5.69 Å². The maximum Gasteiger partial charge on any atom is 0.261 e. The number of carbonyl (C=O) groups excluding carboxylic acids is 2. The van der Waals surface area contributed by atoms with Crippen LogP contribution in [-0.4, -0.2) is 94.4 Å². The van der Waals surface area contributed by atoms with E-state index in [1.54, 1.807) is 18.2 Å². The molecule has 236 valence electrons. The van der Waals surface area contributed by atoms with Crippen LogP contribution >= 0.6 is 0 Å². The molecule has 3 aromatic rings. The van der Waals surface area contributed by atoms with Crippen molar-refractivity contribution in [2.24, 2.45) is 11.7 Å². The van der Waals surface area contributed by atoms with E-state index < -0.39 is 5.60 Å². The fraction of sp³-hybridized carbons (Fsp3) is 0.515. The molecule has 0 saturated carbocycles. The number of ether oxygens (including phenoxy) is 1. The van der Waals surface area contributed by atoms with Gasteiger partial charge in [-0.1, -0.05) is 30.3 Å². The Labute approximate surface area is 258 Å². The van der Waals surface area contributed by atoms with Gasteiger partial charge < -0.3 is 25.8 Å². The number of anilines is 1. The minimum absolute atomic E-state index is 0.0947. The van der Waals surface area contributed by atoms with Crippen LogP contribution < -0.4 is 16.6 Å². The Morgan fingerprint density at radius 1 is 1.07 bits per heavy atom. The number of morpholine rings is 1. The fourth-order valence-corrected chi connectivity index (χ4v) is 6.11. The zero-order chi connectivity index (χ0) is 30.9. The van der Waals surface area contributed by atoms with Gasteiger partial charge in [-0.2, -0.15) is 0 Å². The van der Waals surface area contributed by atoms with Crippen LogP contribution in [0.3, 0.4) is 0 Å². The summed E-state index contributed by atoms with van der Waals surface area (Å²) >= 11 is 0. The molecule has 3 heterocycles. The predicted molar refractivity (Wildman–Crippen MR) is 169 cm³/mol. The summed E-state index contributed by atoms with van der Waals surface area (Å²) in [5.74, 6) is -0.154. The summed E-state index contributed by atoms with van der Waals surface area (Å²) in [6, 6.07) is 15.1. The molecular weight excluding hydrogens is 560 g/mol. The molecule has 2 aliphatic rings. The summed E-state index contributed by atoms with van der Waals surface area (Å²) in [5.41, 5.74) is 6.56. The second-order valence-corrected chi connectivity index (χ2v) is 12.0. The summed E-state index contributed by atoms with van der Waals surface area (Å²) in [6.45, 7) is 5.19. The molecule has 0 aliphatic carbocycles. The van der Waals surface area contributed by atoms with Crippen LogP contribution in [0, 0.1) is 5.92 Å². The molecule has 44 heavy (non-hydrogen) atoms. The van der Waals surface area contributed by atoms with Gasteiger partial charge in [0.25, 0.3) is 5.56 Å². The summed E-state index contributed by atoms with van der Waals surface area (Å²) in [7, 11) is 0. The predicted octanol–water partition coefficient (Wildman–Crippen LogP) is 2.01. The van der Waals surface area contributed by atoms with E-state index in [-0.39, 0.29) is 29.8 Å². The first kappa shape index (κ1) is 31.8. The second-order valence-electron chi connectivity index (χ2n) is 12.0. The number of carbonyl (C=O) groups is 2. The number of nitrogens with one attached hydrogen (secondary N) is 1. The molecule has 2 amide bonds. The van der Waals surface area contributed by atoms with Crippen molar-refractivity contribution in [2.45, 2.75) is 50.7 Å². The van der Waals surface area contributed by atoms with Gasteiger partial charge in [-0.05, 0) is 62.4 Å². The van der Waals surface area contributed by atoms with Crippen LogP contribution in [0.1, 0.15) is 37.7 Å². The normalized spacial score (nSPS) is 17.8. The number of likely N-dealkylation sites (tertiary alicyclic amines) is 1. The maximum absolute atomic E-state index is 13.5. The van der Waals surface area contributed by atoms with Crippen molar-refractivity contribution in [1.82, 2.24) is 19.4 Å². The van der Waals surface area contributed by atoms with Gasteiger partial charge >= 0.3 is 0 Å². The summed E-state index contributed by atoms with van der Waals surface area (Å²) in [6.07, 6.45) is 4.73. The highest BCUT2D eigenvalue weighted by Gasteiger charge is 2.36. The lowest BCUT2D eigenvalue weighted by Gasteiger charge is -2.39. The first-order chi connectivity index (χ1) is 21.3. The number of hydrogen-bond donors (Lipinski definition) is 3. The molecule has 11 heteroatoms. The van der Waals surface area contributed by atoms with E-state index >= 15 is 0 Å². The lowest BCUT2D eigenvalue weighted by Crippen LogP contribution is -2.51. The van der Waals surface area contributed by atoms with Crippen LogP contribution in [0.2, 0.25) is 0 Å². The van der Waals surface area contributed by atoms with Crippen molar-refractivity contribution < 1.29 is 19.4 Å². The largest absolute Gasteiger partial charge is 0.388 e. The van der Waals surface area contributed by atoms with Crippen LogP contribution in [0.15, 0.2) is 59.7 Å². The number of rotatable bonds is 12. The molecule has 0 spiro atoms. The number of nitrogens with zero attached hydrogens (tertiary/aromatic N) is 4. The first-order valence-corrected chi connectivity index (χ1v) is 15.7. The van der Waals surface area contributed by atoms with Gasteiger partial charge in [0.2, 0.25) is 11.8 Å². The average Bonchev–Trinajstić information content (AvgIpc) is 3.04. The van der Waals surface area contributed by atoms with Gasteiger partial charge in [0.1, 0.15) is 0 Å². The molecule has 2 aliphatic heterocycles. The number of piperidine rings is 1. The Morgan fingerprint density at radius 2 is 1.82 bits per heavy atom. The number of nitrogens with two attached hydrogens (primary N) is 1. The van der Waals surface area contributed by atoms with Crippen molar-refractivity contribution >= 4 is 28.4 Å². The number of fused-ring (bicyclic) bond motifs is 1. The molecule has 11 nitrogen and oxygen atoms in total. The third-order valence-electron chi connectivity index (χ3n) is 8.77. The lowest BCUT2D eigenvalue weighted by molar-refractivity contribution is -0.140. The van der Waals surface area contributed by atoms with Crippen molar-refractivity contribution in [3.63, 3.8) is 0 Å². The number of hydrogen-bond acceptors (Lipinski definition) is 8. The standard InChI is InChI=1S/C33H44N6O5/c34-13-4-7-26(21-25-5-2-1-3-6-25)31(41)38-15-11-33(43,12-16-38)23-39-24-35-29-22-27(8-9-28(29)32(39)42)36-30(40)10-14-37-17-19-44-20-18-37/h1-3,5-6,8-9,22,24,26,43H,4,7,10-21,23,34H2,(H,36,40). The zero-order valence-electron chi connectivity index (χ0n) is 25.3. The molecular formula is C33H44N6O5. The molecule has 1 atom stereocenters. The topological polar surface area (TPSA) is 143 Å². The van der Waals surface area contributed by atoms with Crippen LogP contribution in [0.5, 0.6) is 0 Å². The minimum Gasteiger partial charge on any atom is -0.388 e. The van der Waals surface area contributed by atoms with E-state index in [0.29, 0.717) is 81.7 Å². The van der Waals surface area contributed by atoms with Gasteiger partial charge in [-0.15, -0.1) is 0 Å². The smallest absolute Gasteiger partial charge is 0.261 e. The highest BCUT2D eigenvalue weighted by molar-refractivity contribution is 5.93. The van der Waals surface area contributed by atoms with Gasteiger partial charge in [0.05, 0.1) is 42.6 Å². The highest BCUT2D eigenvalue weighted by Crippen LogP contribution is 2.27. The quantitative estimate of drug-likeness (QED) is 0.285. The molecule has 0 bridgehead atoms. The van der Waals surface area contributed by atoms with Crippen molar-refractivity contribution in [2.75, 3.05) is 57.8 Å². The Morgan fingerprint density at radius 3 is 2.55 bits per heavy atom. The Balaban J connectivity index is 1.17. The van der Waals surface area contributed by atoms with E-state index in [2.05, 4.69) is 15.2 Å². The van der Waals surface area contributed by atoms with Crippen molar-refractivity contribution in [3.05, 3.63) is 70.8 Å². The van der Waals surface area contributed by atoms with Gasteiger partial charge in [0.15, 0.2) is 0 Å². The Bertz CT molecular complexity index is 1460. The number of amides is 2. The van der Waals surface area contributed by atoms with E-state index in [0.717, 1.165) is 31.5 Å². The van der Waals surface area contributed by atoms with E-state index in [4.69, 9.17) is 10.5 Å². The molecule has 1 unspecified atom stereocenters. The van der Waals surface area contributed by atoms with E-state index in [9.17, 15) is 19.5 Å². The Kier molecular flexibility index (Phi) is 10.8. The lowest BCUT2D eigenvalue weighted by atomic mass is 9.88. The van der Waals surface area contributed by atoms with Crippen LogP contribution in [0.25, 0.3) is 10.9 Å². The molecule has 1 aromatic heterocycles. The third-order valence-corrected chi connectivity index (χ3v) is 8.77. The Hall–Kier alpha value is -3.64. The number of benzene rings is 2. The van der Waals surface area contributed by atoms with Gasteiger partial charge in [-0.3, -0.25) is 23.9 Å². The molecule has 2 aromatic carbocycles. The maximum atomic E-state index is 13.5. The zero-order valence-corrected chi connectivity index (χ0v) is 25.3. The highest BCUT2D eigenvalue weighted by atomic mass is 16.5. The summed E-state index contributed by atoms with van der Waals surface area (Å²) in [5, 5.41) is 14.7. The average molecular weight is 605 g/mol. The van der Waals surface area contributed by atoms with Gasteiger partial charge in [0, 0.05) is 50.7 Å². The van der Waals surface area contributed by atoms with Crippen LogP contribution in [-0.2, 0) is 27.3 Å². The summed E-state index contributed by atoms with van der Waals surface area (Å²) in [4.78, 5) is 47.8. The molecule has 0 radical (unpaired) electrons. The van der Waals surface area contributed by atoms with Crippen molar-refractivity contribution in [1.29, 1.82) is 0 Å². The van der Waals surface area contributed by atoms with Crippen molar-refractivity contribution in [3.8, 4) is 0 Å². The third kappa shape index (κ3) is 8.29. The summed E-state index contributed by atoms with van der Waals surface area (Å²) < 4.78 is 6.79.